The second kappa shape index (κ2) is 7.58. The van der Waals surface area contributed by atoms with E-state index in [9.17, 15) is 9.18 Å². The minimum absolute atomic E-state index is 0.128. The number of benzene rings is 2. The molecule has 0 fully saturated rings. The van der Waals surface area contributed by atoms with Crippen LogP contribution < -0.4 is 5.32 Å². The van der Waals surface area contributed by atoms with Crippen LogP contribution in [0.4, 0.5) is 10.1 Å². The summed E-state index contributed by atoms with van der Waals surface area (Å²) in [5.74, 6) is 5.63. The summed E-state index contributed by atoms with van der Waals surface area (Å²) in [4.78, 5) is 13.1. The third-order valence-electron chi connectivity index (χ3n) is 3.25. The van der Waals surface area contributed by atoms with Gasteiger partial charge in [0.1, 0.15) is 5.82 Å². The van der Waals surface area contributed by atoms with Crippen molar-refractivity contribution in [2.45, 2.75) is 6.42 Å². The molecule has 0 aliphatic carbocycles. The smallest absolute Gasteiger partial charge is 0.228 e. The molecule has 2 nitrogen and oxygen atoms in total. The van der Waals surface area contributed by atoms with Crippen LogP contribution in [0.5, 0.6) is 0 Å². The summed E-state index contributed by atoms with van der Waals surface area (Å²) in [5.41, 5.74) is 2.14. The Hall–Kier alpha value is -2.90. The lowest BCUT2D eigenvalue weighted by atomic mass is 10.1. The van der Waals surface area contributed by atoms with Crippen molar-refractivity contribution in [1.29, 1.82) is 0 Å². The number of rotatable bonds is 3. The molecule has 0 atom stereocenters. The van der Waals surface area contributed by atoms with Gasteiger partial charge in [0.05, 0.1) is 11.3 Å². The van der Waals surface area contributed by atoms with Gasteiger partial charge in [-0.15, -0.1) is 11.3 Å². The zero-order valence-electron chi connectivity index (χ0n) is 12.8. The van der Waals surface area contributed by atoms with Crippen molar-refractivity contribution in [1.82, 2.24) is 0 Å². The fourth-order valence-electron chi connectivity index (χ4n) is 2.20. The van der Waals surface area contributed by atoms with Crippen LogP contribution >= 0.6 is 11.3 Å². The van der Waals surface area contributed by atoms with Crippen LogP contribution in [0.15, 0.2) is 66.0 Å². The van der Waals surface area contributed by atoms with E-state index in [1.807, 2.05) is 35.7 Å². The van der Waals surface area contributed by atoms with E-state index >= 15 is 0 Å². The van der Waals surface area contributed by atoms with Crippen LogP contribution in [0.2, 0.25) is 0 Å². The van der Waals surface area contributed by atoms with Crippen molar-refractivity contribution < 1.29 is 9.18 Å². The van der Waals surface area contributed by atoms with Crippen molar-refractivity contribution in [2.24, 2.45) is 0 Å². The van der Waals surface area contributed by atoms with E-state index in [1.54, 1.807) is 29.5 Å². The Bertz CT molecular complexity index is 907. The van der Waals surface area contributed by atoms with Gasteiger partial charge in [-0.25, -0.2) is 4.39 Å². The predicted molar refractivity (Wildman–Crippen MR) is 95.5 cm³/mol. The van der Waals surface area contributed by atoms with Gasteiger partial charge in [0, 0.05) is 11.3 Å². The largest absolute Gasteiger partial charge is 0.326 e. The Morgan fingerprint density at radius 3 is 2.71 bits per heavy atom. The number of hydrogen-bond donors (Lipinski definition) is 1. The number of nitrogens with one attached hydrogen (secondary N) is 1. The quantitative estimate of drug-likeness (QED) is 0.703. The molecule has 4 heteroatoms. The van der Waals surface area contributed by atoms with E-state index in [0.29, 0.717) is 11.3 Å². The molecule has 0 saturated carbocycles. The highest BCUT2D eigenvalue weighted by Gasteiger charge is 2.05. The first kappa shape index (κ1) is 16.0. The summed E-state index contributed by atoms with van der Waals surface area (Å²) in [6.45, 7) is 0. The molecule has 0 aliphatic rings. The summed E-state index contributed by atoms with van der Waals surface area (Å²) in [6.07, 6.45) is 0.128. The highest BCUT2D eigenvalue weighted by Crippen LogP contribution is 2.12. The van der Waals surface area contributed by atoms with E-state index < -0.39 is 0 Å². The topological polar surface area (TPSA) is 29.1 Å². The zero-order chi connectivity index (χ0) is 16.8. The van der Waals surface area contributed by atoms with Crippen molar-refractivity contribution in [2.75, 3.05) is 5.32 Å². The first-order valence-corrected chi connectivity index (χ1v) is 8.27. The molecule has 24 heavy (non-hydrogen) atoms. The first-order chi connectivity index (χ1) is 11.7. The number of carbonyl (C=O) groups is 1. The molecule has 1 heterocycles. The number of anilines is 1. The third-order valence-corrected chi connectivity index (χ3v) is 4.04. The monoisotopic (exact) mass is 335 g/mol. The minimum Gasteiger partial charge on any atom is -0.326 e. The molecule has 0 spiro atoms. The lowest BCUT2D eigenvalue weighted by Gasteiger charge is -2.06. The molecular weight excluding hydrogens is 321 g/mol. The fraction of sp³-hybridized carbons (Fsp3) is 0.0500. The van der Waals surface area contributed by atoms with Gasteiger partial charge in [-0.2, -0.15) is 0 Å². The predicted octanol–water partition coefficient (Wildman–Crippen LogP) is 4.47. The van der Waals surface area contributed by atoms with E-state index in [4.69, 9.17) is 0 Å². The molecule has 0 bridgehead atoms. The van der Waals surface area contributed by atoms with Gasteiger partial charge in [0.15, 0.2) is 0 Å². The van der Waals surface area contributed by atoms with Crippen LogP contribution in [0.3, 0.4) is 0 Å². The van der Waals surface area contributed by atoms with Gasteiger partial charge in [0.2, 0.25) is 5.91 Å². The van der Waals surface area contributed by atoms with E-state index in [1.165, 1.54) is 12.1 Å². The maximum Gasteiger partial charge on any atom is 0.228 e. The van der Waals surface area contributed by atoms with Gasteiger partial charge in [0.25, 0.3) is 0 Å². The second-order valence-electron chi connectivity index (χ2n) is 5.16. The average Bonchev–Trinajstić information content (AvgIpc) is 3.06. The van der Waals surface area contributed by atoms with Crippen LogP contribution in [0.25, 0.3) is 0 Å². The normalized spacial score (nSPS) is 9.88. The van der Waals surface area contributed by atoms with Gasteiger partial charge in [-0.1, -0.05) is 36.1 Å². The SMILES string of the molecule is O=C(Cc1cccc(F)c1)Nc1cccc(C#Cc2cccs2)c1. The first-order valence-electron chi connectivity index (χ1n) is 7.39. The average molecular weight is 335 g/mol. The van der Waals surface area contributed by atoms with Crippen molar-refractivity contribution >= 4 is 22.9 Å². The molecule has 0 aliphatic heterocycles. The summed E-state index contributed by atoms with van der Waals surface area (Å²) in [7, 11) is 0. The number of halogens is 1. The molecule has 1 N–H and O–H groups in total. The van der Waals surface area contributed by atoms with Crippen LogP contribution in [0.1, 0.15) is 16.0 Å². The molecule has 2 aromatic carbocycles. The Morgan fingerprint density at radius 2 is 1.92 bits per heavy atom. The molecule has 0 radical (unpaired) electrons. The van der Waals surface area contributed by atoms with Crippen molar-refractivity contribution in [3.63, 3.8) is 0 Å². The van der Waals surface area contributed by atoms with E-state index in [0.717, 1.165) is 10.4 Å². The highest BCUT2D eigenvalue weighted by molar-refractivity contribution is 7.10. The fourth-order valence-corrected chi connectivity index (χ4v) is 2.77. The van der Waals surface area contributed by atoms with Crippen LogP contribution in [-0.4, -0.2) is 5.91 Å². The summed E-state index contributed by atoms with van der Waals surface area (Å²) in [6, 6.07) is 17.3. The minimum atomic E-state index is -0.342. The van der Waals surface area contributed by atoms with Gasteiger partial charge in [-0.3, -0.25) is 4.79 Å². The molecule has 0 saturated heterocycles. The Labute approximate surface area is 144 Å². The molecule has 3 aromatic rings. The van der Waals surface area contributed by atoms with Crippen LogP contribution in [0, 0.1) is 17.7 Å². The van der Waals surface area contributed by atoms with Crippen molar-refractivity contribution in [3.05, 3.63) is 87.9 Å². The Morgan fingerprint density at radius 1 is 1.04 bits per heavy atom. The summed E-state index contributed by atoms with van der Waals surface area (Å²) in [5, 5.41) is 4.80. The molecule has 1 amide bonds. The molecule has 3 rings (SSSR count). The second-order valence-corrected chi connectivity index (χ2v) is 6.11. The lowest BCUT2D eigenvalue weighted by molar-refractivity contribution is -0.115. The highest BCUT2D eigenvalue weighted by atomic mass is 32.1. The van der Waals surface area contributed by atoms with E-state index in [-0.39, 0.29) is 18.1 Å². The maximum atomic E-state index is 13.2. The van der Waals surface area contributed by atoms with Gasteiger partial charge in [-0.05, 0) is 47.3 Å². The molecule has 0 unspecified atom stereocenters. The third kappa shape index (κ3) is 4.55. The molecular formula is C20H14FNOS. The number of thiophene rings is 1. The zero-order valence-corrected chi connectivity index (χ0v) is 13.6. The van der Waals surface area contributed by atoms with Gasteiger partial charge < -0.3 is 5.32 Å². The summed E-state index contributed by atoms with van der Waals surface area (Å²) < 4.78 is 13.2. The Kier molecular flexibility index (Phi) is 5.05. The molecule has 118 valence electrons. The van der Waals surface area contributed by atoms with E-state index in [2.05, 4.69) is 17.2 Å². The maximum absolute atomic E-state index is 13.2. The number of amides is 1. The number of hydrogen-bond acceptors (Lipinski definition) is 2. The summed E-state index contributed by atoms with van der Waals surface area (Å²) >= 11 is 1.59. The van der Waals surface area contributed by atoms with Crippen LogP contribution in [-0.2, 0) is 11.2 Å². The standard InChI is InChI=1S/C20H14FNOS/c21-17-6-1-5-16(12-17)14-20(23)22-18-7-2-4-15(13-18)9-10-19-8-3-11-24-19/h1-8,11-13H,14H2,(H,22,23). The van der Waals surface area contributed by atoms with Gasteiger partial charge >= 0.3 is 0 Å². The van der Waals surface area contributed by atoms with Crippen molar-refractivity contribution in [3.8, 4) is 11.8 Å². The molecule has 1 aromatic heterocycles. The Balaban J connectivity index is 1.67. The number of carbonyl (C=O) groups excluding carboxylic acids is 1. The lowest BCUT2D eigenvalue weighted by Crippen LogP contribution is -2.14.